The summed E-state index contributed by atoms with van der Waals surface area (Å²) in [7, 11) is 1.50. The van der Waals surface area contributed by atoms with Gasteiger partial charge in [-0.1, -0.05) is 42.8 Å². The van der Waals surface area contributed by atoms with E-state index in [1.807, 2.05) is 31.2 Å². The van der Waals surface area contributed by atoms with Crippen LogP contribution in [-0.4, -0.2) is 30.3 Å². The fourth-order valence-corrected chi connectivity index (χ4v) is 2.66. The van der Waals surface area contributed by atoms with Crippen LogP contribution in [0, 0.1) is 5.82 Å². The number of likely N-dealkylation sites (N-methyl/N-ethyl adjacent to an activating group) is 1. The maximum absolute atomic E-state index is 13.8. The molecule has 6 heteroatoms. The zero-order chi connectivity index (χ0) is 18.4. The minimum absolute atomic E-state index is 0.122. The third-order valence-corrected chi connectivity index (χ3v) is 4.22. The van der Waals surface area contributed by atoms with Crippen LogP contribution in [-0.2, 0) is 22.4 Å². The molecule has 0 atom stereocenters. The summed E-state index contributed by atoms with van der Waals surface area (Å²) in [5, 5.41) is 3.00. The number of rotatable bonds is 6. The highest BCUT2D eigenvalue weighted by Gasteiger charge is 2.17. The number of hydrogen-bond donors (Lipinski definition) is 1. The Morgan fingerprint density at radius 2 is 1.88 bits per heavy atom. The Balaban J connectivity index is 1.97. The predicted molar refractivity (Wildman–Crippen MR) is 97.2 cm³/mol. The number of aryl methyl sites for hydroxylation is 1. The van der Waals surface area contributed by atoms with Crippen molar-refractivity contribution in [1.29, 1.82) is 0 Å². The Morgan fingerprint density at radius 3 is 2.56 bits per heavy atom. The molecule has 0 unspecified atom stereocenters. The minimum atomic E-state index is -0.532. The lowest BCUT2D eigenvalue weighted by Crippen LogP contribution is -2.36. The van der Waals surface area contributed by atoms with Crippen molar-refractivity contribution in [3.8, 4) is 0 Å². The summed E-state index contributed by atoms with van der Waals surface area (Å²) in [5.74, 6) is -1.22. The van der Waals surface area contributed by atoms with E-state index < -0.39 is 5.82 Å². The van der Waals surface area contributed by atoms with Crippen LogP contribution in [0.4, 0.5) is 10.1 Å². The number of hydrogen-bond acceptors (Lipinski definition) is 2. The van der Waals surface area contributed by atoms with Crippen molar-refractivity contribution in [3.05, 3.63) is 64.4 Å². The van der Waals surface area contributed by atoms with Crippen LogP contribution >= 0.6 is 11.6 Å². The van der Waals surface area contributed by atoms with E-state index in [1.165, 1.54) is 30.1 Å². The molecule has 0 spiro atoms. The summed E-state index contributed by atoms with van der Waals surface area (Å²) in [6.45, 7) is 1.88. The normalized spacial score (nSPS) is 10.4. The molecule has 0 aliphatic rings. The van der Waals surface area contributed by atoms with E-state index >= 15 is 0 Å². The first-order chi connectivity index (χ1) is 11.9. The van der Waals surface area contributed by atoms with E-state index in [9.17, 15) is 14.0 Å². The molecule has 0 radical (unpaired) electrons. The minimum Gasteiger partial charge on any atom is -0.336 e. The molecular weight excluding hydrogens is 343 g/mol. The van der Waals surface area contributed by atoms with E-state index in [2.05, 4.69) is 5.32 Å². The molecule has 132 valence electrons. The van der Waals surface area contributed by atoms with Crippen molar-refractivity contribution in [2.75, 3.05) is 18.9 Å². The Bertz CT molecular complexity index is 760. The summed E-state index contributed by atoms with van der Waals surface area (Å²) in [5.41, 5.74) is 1.88. The second-order valence-corrected chi connectivity index (χ2v) is 6.09. The molecule has 2 aromatic rings. The lowest BCUT2D eigenvalue weighted by molar-refractivity contribution is -0.132. The molecule has 0 saturated heterocycles. The molecule has 4 nitrogen and oxygen atoms in total. The van der Waals surface area contributed by atoms with Crippen LogP contribution in [0.15, 0.2) is 42.5 Å². The molecule has 0 aliphatic heterocycles. The van der Waals surface area contributed by atoms with Crippen LogP contribution < -0.4 is 5.32 Å². The van der Waals surface area contributed by atoms with Crippen LogP contribution in [0.5, 0.6) is 0 Å². The third kappa shape index (κ3) is 5.03. The van der Waals surface area contributed by atoms with Gasteiger partial charge in [-0.05, 0) is 30.2 Å². The summed E-state index contributed by atoms with van der Waals surface area (Å²) in [6, 6.07) is 11.8. The second-order valence-electron chi connectivity index (χ2n) is 5.69. The van der Waals surface area contributed by atoms with Crippen molar-refractivity contribution >= 4 is 29.1 Å². The average molecular weight is 363 g/mol. The molecule has 0 fully saturated rings. The molecular formula is C19H20ClFN2O2. The maximum Gasteiger partial charge on any atom is 0.243 e. The quantitative estimate of drug-likeness (QED) is 0.852. The number of para-hydroxylation sites is 1. The highest BCUT2D eigenvalue weighted by molar-refractivity contribution is 6.31. The Morgan fingerprint density at radius 1 is 1.16 bits per heavy atom. The standard InChI is InChI=1S/C19H20ClFN2O2/c1-3-13-7-4-5-10-17(13)22-18(24)12-23(2)19(25)11-14-15(20)8-6-9-16(14)21/h4-10H,3,11-12H2,1-2H3,(H,22,24). The van der Waals surface area contributed by atoms with Gasteiger partial charge in [0.25, 0.3) is 0 Å². The number of nitrogens with one attached hydrogen (secondary N) is 1. The molecule has 25 heavy (non-hydrogen) atoms. The van der Waals surface area contributed by atoms with Crippen LogP contribution in [0.1, 0.15) is 18.1 Å². The molecule has 0 heterocycles. The van der Waals surface area contributed by atoms with Crippen LogP contribution in [0.2, 0.25) is 5.02 Å². The number of halogens is 2. The summed E-state index contributed by atoms with van der Waals surface area (Å²) in [4.78, 5) is 25.7. The van der Waals surface area contributed by atoms with Gasteiger partial charge in [0.15, 0.2) is 0 Å². The fraction of sp³-hybridized carbons (Fsp3) is 0.263. The van der Waals surface area contributed by atoms with E-state index in [4.69, 9.17) is 11.6 Å². The van der Waals surface area contributed by atoms with E-state index in [1.54, 1.807) is 0 Å². The molecule has 2 aromatic carbocycles. The topological polar surface area (TPSA) is 49.4 Å². The smallest absolute Gasteiger partial charge is 0.243 e. The third-order valence-electron chi connectivity index (χ3n) is 3.87. The first-order valence-electron chi connectivity index (χ1n) is 7.97. The molecule has 0 aliphatic carbocycles. The molecule has 2 amide bonds. The van der Waals surface area contributed by atoms with Crippen molar-refractivity contribution in [3.63, 3.8) is 0 Å². The van der Waals surface area contributed by atoms with Gasteiger partial charge in [-0.25, -0.2) is 4.39 Å². The number of carbonyl (C=O) groups is 2. The molecule has 0 saturated carbocycles. The zero-order valence-electron chi connectivity index (χ0n) is 14.2. The largest absolute Gasteiger partial charge is 0.336 e. The summed E-state index contributed by atoms with van der Waals surface area (Å²) >= 11 is 5.93. The predicted octanol–water partition coefficient (Wildman–Crippen LogP) is 3.68. The lowest BCUT2D eigenvalue weighted by Gasteiger charge is -2.18. The Hall–Kier alpha value is -2.40. The van der Waals surface area contributed by atoms with Crippen molar-refractivity contribution in [2.24, 2.45) is 0 Å². The number of amides is 2. The van der Waals surface area contributed by atoms with Crippen molar-refractivity contribution < 1.29 is 14.0 Å². The van der Waals surface area contributed by atoms with E-state index in [-0.39, 0.29) is 35.4 Å². The molecule has 0 bridgehead atoms. The highest BCUT2D eigenvalue weighted by atomic mass is 35.5. The second kappa shape index (κ2) is 8.62. The van der Waals surface area contributed by atoms with Gasteiger partial charge in [-0.15, -0.1) is 0 Å². The first kappa shape index (κ1) is 18.9. The first-order valence-corrected chi connectivity index (χ1v) is 8.34. The monoisotopic (exact) mass is 362 g/mol. The van der Waals surface area contributed by atoms with Gasteiger partial charge in [-0.3, -0.25) is 9.59 Å². The van der Waals surface area contributed by atoms with Gasteiger partial charge in [0, 0.05) is 23.3 Å². The number of carbonyl (C=O) groups excluding carboxylic acids is 2. The van der Waals surface area contributed by atoms with E-state index in [0.29, 0.717) is 0 Å². The Kier molecular flexibility index (Phi) is 6.53. The van der Waals surface area contributed by atoms with Gasteiger partial charge in [0.2, 0.25) is 11.8 Å². The highest BCUT2D eigenvalue weighted by Crippen LogP contribution is 2.20. The van der Waals surface area contributed by atoms with Gasteiger partial charge >= 0.3 is 0 Å². The number of benzene rings is 2. The van der Waals surface area contributed by atoms with Crippen molar-refractivity contribution in [2.45, 2.75) is 19.8 Å². The summed E-state index contributed by atoms with van der Waals surface area (Å²) < 4.78 is 13.8. The van der Waals surface area contributed by atoms with Gasteiger partial charge in [0.05, 0.1) is 13.0 Å². The molecule has 1 N–H and O–H groups in total. The molecule has 2 rings (SSSR count). The number of nitrogens with zero attached hydrogens (tertiary/aromatic N) is 1. The average Bonchev–Trinajstić information content (AvgIpc) is 2.58. The SMILES string of the molecule is CCc1ccccc1NC(=O)CN(C)C(=O)Cc1c(F)cccc1Cl. The zero-order valence-corrected chi connectivity index (χ0v) is 14.9. The van der Waals surface area contributed by atoms with Gasteiger partial charge < -0.3 is 10.2 Å². The Labute approximate surface area is 151 Å². The van der Waals surface area contributed by atoms with Crippen LogP contribution in [0.3, 0.4) is 0 Å². The maximum atomic E-state index is 13.8. The van der Waals surface area contributed by atoms with Crippen molar-refractivity contribution in [1.82, 2.24) is 4.90 Å². The summed E-state index contributed by atoms with van der Waals surface area (Å²) in [6.07, 6.45) is 0.595. The lowest BCUT2D eigenvalue weighted by atomic mass is 10.1. The van der Waals surface area contributed by atoms with Gasteiger partial charge in [-0.2, -0.15) is 0 Å². The van der Waals surface area contributed by atoms with E-state index in [0.717, 1.165) is 17.7 Å². The van der Waals surface area contributed by atoms with Crippen LogP contribution in [0.25, 0.3) is 0 Å². The van der Waals surface area contributed by atoms with Gasteiger partial charge in [0.1, 0.15) is 5.82 Å². The molecule has 0 aromatic heterocycles. The fourth-order valence-electron chi connectivity index (χ4n) is 2.43. The number of anilines is 1.